The fourth-order valence-corrected chi connectivity index (χ4v) is 2.31. The summed E-state index contributed by atoms with van der Waals surface area (Å²) in [6.07, 6.45) is 2.21. The molecule has 0 radical (unpaired) electrons. The fraction of sp³-hybridized carbons (Fsp3) is 0.905. The summed E-state index contributed by atoms with van der Waals surface area (Å²) < 4.78 is 31.5. The van der Waals surface area contributed by atoms with E-state index < -0.39 is 5.41 Å². The highest BCUT2D eigenvalue weighted by Gasteiger charge is 2.27. The summed E-state index contributed by atoms with van der Waals surface area (Å²) >= 11 is 0. The molecule has 0 rings (SSSR count). The van der Waals surface area contributed by atoms with E-state index in [4.69, 9.17) is 28.4 Å². The van der Waals surface area contributed by atoms with Crippen molar-refractivity contribution < 1.29 is 38.0 Å². The Morgan fingerprint density at radius 3 is 1.21 bits per heavy atom. The van der Waals surface area contributed by atoms with Gasteiger partial charge < -0.3 is 28.4 Å². The minimum atomic E-state index is -0.544. The van der Waals surface area contributed by atoms with E-state index in [9.17, 15) is 9.59 Å². The third-order valence-corrected chi connectivity index (χ3v) is 3.67. The van der Waals surface area contributed by atoms with E-state index in [1.165, 1.54) is 0 Å². The van der Waals surface area contributed by atoms with Crippen LogP contribution in [0.15, 0.2) is 0 Å². The third kappa shape index (κ3) is 19.9. The van der Waals surface area contributed by atoms with Gasteiger partial charge in [0.1, 0.15) is 13.2 Å². The molecule has 0 saturated carbocycles. The third-order valence-electron chi connectivity index (χ3n) is 3.67. The monoisotopic (exact) mass is 420 g/mol. The maximum atomic E-state index is 11.9. The predicted octanol–water partition coefficient (Wildman–Crippen LogP) is 2.77. The Labute approximate surface area is 175 Å². The fourth-order valence-electron chi connectivity index (χ4n) is 2.31. The van der Waals surface area contributed by atoms with Gasteiger partial charge in [0.25, 0.3) is 0 Å². The minimum Gasteiger partial charge on any atom is -0.463 e. The Morgan fingerprint density at radius 1 is 0.552 bits per heavy atom. The quantitative estimate of drug-likeness (QED) is 0.219. The zero-order chi connectivity index (χ0) is 21.8. The van der Waals surface area contributed by atoms with Crippen LogP contribution < -0.4 is 0 Å². The summed E-state index contributed by atoms with van der Waals surface area (Å²) in [7, 11) is 0. The molecular formula is C21H40O8. The van der Waals surface area contributed by atoms with E-state index in [0.29, 0.717) is 39.6 Å². The lowest BCUT2D eigenvalue weighted by Crippen LogP contribution is -2.25. The molecule has 0 aromatic carbocycles. The molecule has 29 heavy (non-hydrogen) atoms. The normalized spacial score (nSPS) is 11.4. The molecule has 0 aromatic heterocycles. The highest BCUT2D eigenvalue weighted by atomic mass is 16.6. The molecule has 0 aliphatic carbocycles. The molecule has 0 amide bonds. The number of rotatable bonds is 20. The first kappa shape index (κ1) is 27.8. The van der Waals surface area contributed by atoms with Crippen molar-refractivity contribution in [2.75, 3.05) is 66.1 Å². The maximum Gasteiger partial charge on any atom is 0.306 e. The first-order valence-corrected chi connectivity index (χ1v) is 10.5. The summed E-state index contributed by atoms with van der Waals surface area (Å²) in [5.41, 5.74) is -0.544. The SMILES string of the molecule is CCCOCCOCCOC(=O)CC(C)(C)CC(=O)OCCOCCOCCC. The van der Waals surface area contributed by atoms with Crippen LogP contribution in [0.5, 0.6) is 0 Å². The lowest BCUT2D eigenvalue weighted by molar-refractivity contribution is -0.151. The zero-order valence-corrected chi connectivity index (χ0v) is 18.7. The zero-order valence-electron chi connectivity index (χ0n) is 18.7. The van der Waals surface area contributed by atoms with Gasteiger partial charge >= 0.3 is 11.9 Å². The smallest absolute Gasteiger partial charge is 0.306 e. The molecule has 0 heterocycles. The average molecular weight is 421 g/mol. The van der Waals surface area contributed by atoms with E-state index in [1.54, 1.807) is 0 Å². The van der Waals surface area contributed by atoms with Crippen molar-refractivity contribution >= 4 is 11.9 Å². The Hall–Kier alpha value is -1.22. The van der Waals surface area contributed by atoms with E-state index >= 15 is 0 Å². The summed E-state index contributed by atoms with van der Waals surface area (Å²) in [6, 6.07) is 0. The van der Waals surface area contributed by atoms with E-state index in [0.717, 1.165) is 26.1 Å². The maximum absolute atomic E-state index is 11.9. The lowest BCUT2D eigenvalue weighted by atomic mass is 9.86. The molecule has 0 atom stereocenters. The van der Waals surface area contributed by atoms with Crippen molar-refractivity contribution in [1.82, 2.24) is 0 Å². The van der Waals surface area contributed by atoms with Crippen LogP contribution >= 0.6 is 0 Å². The number of ether oxygens (including phenoxy) is 6. The van der Waals surface area contributed by atoms with Gasteiger partial charge in [0.15, 0.2) is 0 Å². The first-order chi connectivity index (χ1) is 13.9. The average Bonchev–Trinajstić information content (AvgIpc) is 2.65. The van der Waals surface area contributed by atoms with Gasteiger partial charge in [-0.15, -0.1) is 0 Å². The second-order valence-corrected chi connectivity index (χ2v) is 7.41. The first-order valence-electron chi connectivity index (χ1n) is 10.5. The van der Waals surface area contributed by atoms with Crippen LogP contribution in [0.2, 0.25) is 0 Å². The second kappa shape index (κ2) is 18.8. The molecular weight excluding hydrogens is 380 g/mol. The molecule has 0 fully saturated rings. The molecule has 8 nitrogen and oxygen atoms in total. The Balaban J connectivity index is 3.70. The van der Waals surface area contributed by atoms with E-state index in [-0.39, 0.29) is 38.0 Å². The molecule has 0 saturated heterocycles. The molecule has 0 N–H and O–H groups in total. The van der Waals surface area contributed by atoms with Crippen LogP contribution in [-0.4, -0.2) is 78.0 Å². The summed E-state index contributed by atoms with van der Waals surface area (Å²) in [6.45, 7) is 12.2. The van der Waals surface area contributed by atoms with Crippen molar-refractivity contribution in [2.24, 2.45) is 5.41 Å². The lowest BCUT2D eigenvalue weighted by Gasteiger charge is -2.22. The van der Waals surface area contributed by atoms with Crippen LogP contribution in [0.25, 0.3) is 0 Å². The second-order valence-electron chi connectivity index (χ2n) is 7.41. The molecule has 0 aliphatic rings. The van der Waals surface area contributed by atoms with Crippen molar-refractivity contribution in [1.29, 1.82) is 0 Å². The predicted molar refractivity (Wildman–Crippen MR) is 109 cm³/mol. The van der Waals surface area contributed by atoms with Crippen molar-refractivity contribution in [3.8, 4) is 0 Å². The van der Waals surface area contributed by atoms with Gasteiger partial charge in [0.2, 0.25) is 0 Å². The van der Waals surface area contributed by atoms with Gasteiger partial charge in [-0.3, -0.25) is 9.59 Å². The van der Waals surface area contributed by atoms with Crippen LogP contribution in [0.4, 0.5) is 0 Å². The highest BCUT2D eigenvalue weighted by molar-refractivity contribution is 5.74. The van der Waals surface area contributed by atoms with E-state index in [2.05, 4.69) is 0 Å². The molecule has 0 aromatic rings. The molecule has 0 aliphatic heterocycles. The number of carbonyl (C=O) groups is 2. The highest BCUT2D eigenvalue weighted by Crippen LogP contribution is 2.26. The van der Waals surface area contributed by atoms with Gasteiger partial charge in [-0.25, -0.2) is 0 Å². The summed E-state index contributed by atoms with van der Waals surface area (Å²) in [5, 5.41) is 0. The Morgan fingerprint density at radius 2 is 0.862 bits per heavy atom. The molecule has 0 spiro atoms. The van der Waals surface area contributed by atoms with E-state index in [1.807, 2.05) is 27.7 Å². The van der Waals surface area contributed by atoms with Crippen LogP contribution in [-0.2, 0) is 38.0 Å². The number of hydrogen-bond acceptors (Lipinski definition) is 8. The van der Waals surface area contributed by atoms with Gasteiger partial charge in [-0.2, -0.15) is 0 Å². The number of esters is 2. The van der Waals surface area contributed by atoms with Crippen molar-refractivity contribution in [3.63, 3.8) is 0 Å². The molecule has 172 valence electrons. The molecule has 0 bridgehead atoms. The topological polar surface area (TPSA) is 89.5 Å². The molecule has 8 heteroatoms. The largest absolute Gasteiger partial charge is 0.463 e. The Bertz CT molecular complexity index is 375. The number of hydrogen-bond donors (Lipinski definition) is 0. The van der Waals surface area contributed by atoms with Crippen molar-refractivity contribution in [3.05, 3.63) is 0 Å². The Kier molecular flexibility index (Phi) is 18.0. The number of carbonyl (C=O) groups excluding carboxylic acids is 2. The van der Waals surface area contributed by atoms with Gasteiger partial charge in [0.05, 0.1) is 52.5 Å². The van der Waals surface area contributed by atoms with Gasteiger partial charge in [-0.1, -0.05) is 27.7 Å². The van der Waals surface area contributed by atoms with Crippen molar-refractivity contribution in [2.45, 2.75) is 53.4 Å². The molecule has 0 unspecified atom stereocenters. The standard InChI is InChI=1S/C21H40O8/c1-5-7-24-9-11-26-13-15-28-19(22)17-21(3,4)18-20(23)29-16-14-27-12-10-25-8-6-2/h5-18H2,1-4H3. The summed E-state index contributed by atoms with van der Waals surface area (Å²) in [5.74, 6) is -0.715. The van der Waals surface area contributed by atoms with Crippen LogP contribution in [0.3, 0.4) is 0 Å². The minimum absolute atomic E-state index is 0.132. The van der Waals surface area contributed by atoms with Crippen LogP contribution in [0, 0.1) is 5.41 Å². The summed E-state index contributed by atoms with van der Waals surface area (Å²) in [4.78, 5) is 23.9. The van der Waals surface area contributed by atoms with Crippen LogP contribution in [0.1, 0.15) is 53.4 Å². The van der Waals surface area contributed by atoms with Gasteiger partial charge in [0, 0.05) is 13.2 Å². The van der Waals surface area contributed by atoms with Gasteiger partial charge in [-0.05, 0) is 18.3 Å².